The number of carbonyl (C=O) groups excluding carboxylic acids is 1. The van der Waals surface area contributed by atoms with Crippen LogP contribution in [0.5, 0.6) is 5.75 Å². The zero-order chi connectivity index (χ0) is 15.7. The molecule has 0 heterocycles. The molecule has 0 bridgehead atoms. The highest BCUT2D eigenvalue weighted by molar-refractivity contribution is 5.82. The van der Waals surface area contributed by atoms with E-state index in [0.717, 1.165) is 11.3 Å². The molecule has 0 aliphatic heterocycles. The van der Waals surface area contributed by atoms with Gasteiger partial charge in [0.1, 0.15) is 18.4 Å². The minimum absolute atomic E-state index is 0.304. The van der Waals surface area contributed by atoms with Crippen molar-refractivity contribution in [1.82, 2.24) is 10.6 Å². The molecule has 116 valence electrons. The first-order chi connectivity index (χ1) is 10.0. The first-order valence-electron chi connectivity index (χ1n) is 6.99. The van der Waals surface area contributed by atoms with E-state index in [1.807, 2.05) is 38.1 Å². The Hall–Kier alpha value is -2.24. The normalized spacial score (nSPS) is 11.5. The Morgan fingerprint density at radius 1 is 1.38 bits per heavy atom. The van der Waals surface area contributed by atoms with Crippen molar-refractivity contribution in [2.24, 2.45) is 0 Å². The number of hydrogen-bond acceptors (Lipinski definition) is 3. The second-order valence-corrected chi connectivity index (χ2v) is 4.74. The van der Waals surface area contributed by atoms with E-state index >= 15 is 0 Å². The fourth-order valence-electron chi connectivity index (χ4n) is 1.79. The van der Waals surface area contributed by atoms with Gasteiger partial charge in [-0.1, -0.05) is 25.5 Å². The summed E-state index contributed by atoms with van der Waals surface area (Å²) in [5.41, 5.74) is 1.10. The molecule has 6 heteroatoms. The highest BCUT2D eigenvalue weighted by atomic mass is 16.5. The predicted octanol–water partition coefficient (Wildman–Crippen LogP) is 1.93. The second kappa shape index (κ2) is 8.84. The monoisotopic (exact) mass is 294 g/mol. The van der Waals surface area contributed by atoms with Crippen LogP contribution in [0.3, 0.4) is 0 Å². The number of carbonyl (C=O) groups is 2. The van der Waals surface area contributed by atoms with Crippen molar-refractivity contribution >= 4 is 12.0 Å². The molecule has 0 radical (unpaired) electrons. The molecule has 2 amide bonds. The van der Waals surface area contributed by atoms with Gasteiger partial charge in [0, 0.05) is 0 Å². The Balaban J connectivity index is 2.25. The van der Waals surface area contributed by atoms with Crippen molar-refractivity contribution in [3.8, 4) is 5.75 Å². The van der Waals surface area contributed by atoms with Gasteiger partial charge >= 0.3 is 12.0 Å². The number of urea groups is 1. The molecule has 1 rings (SSSR count). The lowest BCUT2D eigenvalue weighted by molar-refractivity contribution is -0.139. The number of ether oxygens (including phenoxy) is 1. The van der Waals surface area contributed by atoms with Gasteiger partial charge in [0.05, 0.1) is 6.54 Å². The molecule has 3 N–H and O–H groups in total. The van der Waals surface area contributed by atoms with Crippen LogP contribution in [0.15, 0.2) is 24.3 Å². The van der Waals surface area contributed by atoms with Gasteiger partial charge in [0.2, 0.25) is 0 Å². The number of amides is 2. The van der Waals surface area contributed by atoms with Gasteiger partial charge in [0.15, 0.2) is 0 Å². The van der Waals surface area contributed by atoms with Crippen molar-refractivity contribution in [3.63, 3.8) is 0 Å². The predicted molar refractivity (Wildman–Crippen MR) is 79.5 cm³/mol. The molecular formula is C15H22N2O4. The lowest BCUT2D eigenvalue weighted by atomic mass is 10.2. The summed E-state index contributed by atoms with van der Waals surface area (Å²) in [5.74, 6) is -0.283. The summed E-state index contributed by atoms with van der Waals surface area (Å²) in [6.07, 6.45) is 1.09. The summed E-state index contributed by atoms with van der Waals surface area (Å²) in [6, 6.07) is 6.26. The van der Waals surface area contributed by atoms with Gasteiger partial charge in [0.25, 0.3) is 0 Å². The minimum Gasteiger partial charge on any atom is -0.492 e. The van der Waals surface area contributed by atoms with Crippen LogP contribution >= 0.6 is 0 Å². The molecule has 0 spiro atoms. The standard InChI is InChI=1S/C15H22N2O4/c1-3-5-13(14(18)19)17-15(20)16-8-9-21-12-7-4-6-11(2)10-12/h4,6-7,10,13H,3,5,8-9H2,1-2H3,(H,18,19)(H2,16,17,20). The van der Waals surface area contributed by atoms with Crippen molar-refractivity contribution < 1.29 is 19.4 Å². The zero-order valence-electron chi connectivity index (χ0n) is 12.4. The van der Waals surface area contributed by atoms with Crippen LogP contribution in [-0.2, 0) is 4.79 Å². The molecule has 6 nitrogen and oxygen atoms in total. The molecule has 0 fully saturated rings. The lowest BCUT2D eigenvalue weighted by Crippen LogP contribution is -2.46. The summed E-state index contributed by atoms with van der Waals surface area (Å²) in [5, 5.41) is 13.9. The molecule has 0 aliphatic rings. The summed E-state index contributed by atoms with van der Waals surface area (Å²) in [7, 11) is 0. The quantitative estimate of drug-likeness (QED) is 0.639. The maximum atomic E-state index is 11.6. The van der Waals surface area contributed by atoms with E-state index in [1.54, 1.807) is 0 Å². The number of carboxylic acids is 1. The highest BCUT2D eigenvalue weighted by Crippen LogP contribution is 2.11. The zero-order valence-corrected chi connectivity index (χ0v) is 12.4. The largest absolute Gasteiger partial charge is 0.492 e. The molecule has 0 saturated carbocycles. The van der Waals surface area contributed by atoms with Crippen LogP contribution in [-0.4, -0.2) is 36.3 Å². The van der Waals surface area contributed by atoms with Crippen molar-refractivity contribution in [2.45, 2.75) is 32.7 Å². The van der Waals surface area contributed by atoms with E-state index in [4.69, 9.17) is 9.84 Å². The van der Waals surface area contributed by atoms with Gasteiger partial charge in [-0.25, -0.2) is 9.59 Å². The fraction of sp³-hybridized carbons (Fsp3) is 0.467. The van der Waals surface area contributed by atoms with Gasteiger partial charge < -0.3 is 20.5 Å². The third-order valence-electron chi connectivity index (χ3n) is 2.83. The van der Waals surface area contributed by atoms with Crippen LogP contribution in [0.4, 0.5) is 4.79 Å². The maximum Gasteiger partial charge on any atom is 0.326 e. The van der Waals surface area contributed by atoms with Gasteiger partial charge in [-0.3, -0.25) is 0 Å². The van der Waals surface area contributed by atoms with Crippen molar-refractivity contribution in [1.29, 1.82) is 0 Å². The van der Waals surface area contributed by atoms with Crippen molar-refractivity contribution in [3.05, 3.63) is 29.8 Å². The number of aryl methyl sites for hydroxylation is 1. The summed E-state index contributed by atoms with van der Waals surface area (Å²) < 4.78 is 5.48. The molecular weight excluding hydrogens is 272 g/mol. The average Bonchev–Trinajstić information content (AvgIpc) is 2.43. The second-order valence-electron chi connectivity index (χ2n) is 4.74. The van der Waals surface area contributed by atoms with Gasteiger partial charge in [-0.2, -0.15) is 0 Å². The third-order valence-corrected chi connectivity index (χ3v) is 2.83. The Labute approximate surface area is 124 Å². The van der Waals surface area contributed by atoms with E-state index in [-0.39, 0.29) is 0 Å². The topological polar surface area (TPSA) is 87.7 Å². The smallest absolute Gasteiger partial charge is 0.326 e. The SMILES string of the molecule is CCCC(NC(=O)NCCOc1cccc(C)c1)C(=O)O. The molecule has 1 aromatic rings. The van der Waals surface area contributed by atoms with E-state index in [0.29, 0.717) is 26.0 Å². The van der Waals surface area contributed by atoms with Gasteiger partial charge in [-0.05, 0) is 31.0 Å². The lowest BCUT2D eigenvalue weighted by Gasteiger charge is -2.14. The van der Waals surface area contributed by atoms with E-state index in [1.165, 1.54) is 0 Å². The highest BCUT2D eigenvalue weighted by Gasteiger charge is 2.18. The van der Waals surface area contributed by atoms with Crippen LogP contribution in [0.2, 0.25) is 0 Å². The average molecular weight is 294 g/mol. The minimum atomic E-state index is -1.02. The summed E-state index contributed by atoms with van der Waals surface area (Å²) in [6.45, 7) is 4.46. The van der Waals surface area contributed by atoms with E-state index in [2.05, 4.69) is 10.6 Å². The van der Waals surface area contributed by atoms with Crippen LogP contribution < -0.4 is 15.4 Å². The Morgan fingerprint density at radius 2 is 2.14 bits per heavy atom. The van der Waals surface area contributed by atoms with Crippen LogP contribution in [0.25, 0.3) is 0 Å². The van der Waals surface area contributed by atoms with Crippen molar-refractivity contribution in [2.75, 3.05) is 13.2 Å². The Kier molecular flexibility index (Phi) is 7.08. The molecule has 0 aliphatic carbocycles. The van der Waals surface area contributed by atoms with Crippen LogP contribution in [0.1, 0.15) is 25.3 Å². The number of benzene rings is 1. The third kappa shape index (κ3) is 6.65. The number of hydrogen-bond donors (Lipinski definition) is 3. The van der Waals surface area contributed by atoms with Gasteiger partial charge in [-0.15, -0.1) is 0 Å². The molecule has 0 saturated heterocycles. The first-order valence-corrected chi connectivity index (χ1v) is 6.99. The summed E-state index contributed by atoms with van der Waals surface area (Å²) >= 11 is 0. The number of aliphatic carboxylic acids is 1. The number of rotatable bonds is 8. The molecule has 0 aromatic heterocycles. The maximum absolute atomic E-state index is 11.6. The number of nitrogens with one attached hydrogen (secondary N) is 2. The molecule has 1 aromatic carbocycles. The molecule has 21 heavy (non-hydrogen) atoms. The Bertz CT molecular complexity index is 476. The summed E-state index contributed by atoms with van der Waals surface area (Å²) in [4.78, 5) is 22.5. The van der Waals surface area contributed by atoms with E-state index < -0.39 is 18.0 Å². The Morgan fingerprint density at radius 3 is 2.76 bits per heavy atom. The molecule has 1 atom stereocenters. The first kappa shape index (κ1) is 16.8. The fourth-order valence-corrected chi connectivity index (χ4v) is 1.79. The van der Waals surface area contributed by atoms with Crippen LogP contribution in [0, 0.1) is 6.92 Å². The molecule has 1 unspecified atom stereocenters. The number of carboxylic acid groups (broad SMARTS) is 1. The van der Waals surface area contributed by atoms with E-state index in [9.17, 15) is 9.59 Å².